The number of hydrogen-bond acceptors (Lipinski definition) is 3. The molecule has 19 heavy (non-hydrogen) atoms. The molecule has 0 radical (unpaired) electrons. The van der Waals surface area contributed by atoms with Crippen LogP contribution in [0.15, 0.2) is 24.3 Å². The maximum Gasteiger partial charge on any atom is 0.295 e. The van der Waals surface area contributed by atoms with Crippen LogP contribution in [0.3, 0.4) is 0 Å². The predicted octanol–water partition coefficient (Wildman–Crippen LogP) is 3.63. The third-order valence-corrected chi connectivity index (χ3v) is 3.57. The van der Waals surface area contributed by atoms with Crippen molar-refractivity contribution in [2.75, 3.05) is 5.43 Å². The summed E-state index contributed by atoms with van der Waals surface area (Å²) in [6.45, 7) is 3.71. The van der Waals surface area contributed by atoms with Gasteiger partial charge in [0, 0.05) is 23.5 Å². The average Bonchev–Trinajstić information content (AvgIpc) is 2.65. The van der Waals surface area contributed by atoms with Gasteiger partial charge in [0.15, 0.2) is 0 Å². The van der Waals surface area contributed by atoms with E-state index in [2.05, 4.69) is 5.43 Å². The van der Waals surface area contributed by atoms with Crippen LogP contribution < -0.4 is 5.43 Å². The highest BCUT2D eigenvalue weighted by Crippen LogP contribution is 2.29. The van der Waals surface area contributed by atoms with Crippen LogP contribution in [0.25, 0.3) is 0 Å². The Morgan fingerprint density at radius 3 is 2.42 bits per heavy atom. The molecule has 1 aromatic carbocycles. The molecule has 0 spiro atoms. The molecule has 100 valence electrons. The Balaban J connectivity index is 2.50. The summed E-state index contributed by atoms with van der Waals surface area (Å²) in [5, 5.41) is 11.0. The number of hydrogen-bond donors (Lipinski definition) is 1. The van der Waals surface area contributed by atoms with E-state index in [0.29, 0.717) is 0 Å². The van der Waals surface area contributed by atoms with Gasteiger partial charge < -0.3 is 0 Å². The van der Waals surface area contributed by atoms with Gasteiger partial charge in [-0.05, 0) is 48.6 Å². The van der Waals surface area contributed by atoms with Crippen molar-refractivity contribution >= 4 is 34.0 Å². The van der Waals surface area contributed by atoms with Gasteiger partial charge in [-0.25, -0.2) is 4.39 Å². The third-order valence-electron chi connectivity index (χ3n) is 2.74. The van der Waals surface area contributed by atoms with Crippen LogP contribution in [0.2, 0.25) is 0 Å². The van der Waals surface area contributed by atoms with Crippen molar-refractivity contribution in [3.05, 3.63) is 55.2 Å². The molecule has 0 aliphatic carbocycles. The molecule has 1 aromatic heterocycles. The summed E-state index contributed by atoms with van der Waals surface area (Å²) >= 11 is 1.73. The second-order valence-electron chi connectivity index (χ2n) is 4.10. The normalized spacial score (nSPS) is 10.5. The minimum absolute atomic E-state index is 0.130. The molecule has 0 saturated heterocycles. The maximum absolute atomic E-state index is 13.6. The Labute approximate surface area is 122 Å². The summed E-state index contributed by atoms with van der Waals surface area (Å²) in [7, 11) is 0. The highest BCUT2D eigenvalue weighted by atomic mass is 127. The largest absolute Gasteiger partial charge is 0.295 e. The number of aryl methyl sites for hydroxylation is 2. The molecule has 0 unspecified atom stereocenters. The summed E-state index contributed by atoms with van der Waals surface area (Å²) in [5.41, 5.74) is 4.61. The zero-order valence-electron chi connectivity index (χ0n) is 10.3. The zero-order chi connectivity index (χ0) is 14.2. The molecule has 1 N–H and O–H groups in total. The zero-order valence-corrected chi connectivity index (χ0v) is 12.4. The molecule has 7 heteroatoms. The number of benzene rings is 1. The Kier molecular flexibility index (Phi) is 3.74. The van der Waals surface area contributed by atoms with Crippen molar-refractivity contribution in [1.29, 1.82) is 0 Å². The monoisotopic (exact) mass is 375 g/mol. The van der Waals surface area contributed by atoms with Crippen LogP contribution in [-0.2, 0) is 0 Å². The standard InChI is InChI=1S/C12H11FIN3O2/c1-7-3-4-8(2)16(7)15-11-5-9(13)10(14)6-12(11)17(18)19/h3-6,15H,1-2H3. The van der Waals surface area contributed by atoms with Gasteiger partial charge in [0.25, 0.3) is 5.69 Å². The Morgan fingerprint density at radius 1 is 1.32 bits per heavy atom. The van der Waals surface area contributed by atoms with E-state index in [1.165, 1.54) is 6.07 Å². The lowest BCUT2D eigenvalue weighted by molar-refractivity contribution is -0.384. The number of nitro groups is 1. The van der Waals surface area contributed by atoms with Gasteiger partial charge >= 0.3 is 0 Å². The number of aromatic nitrogens is 1. The summed E-state index contributed by atoms with van der Waals surface area (Å²) in [5.74, 6) is -0.490. The van der Waals surface area contributed by atoms with Crippen molar-refractivity contribution in [2.45, 2.75) is 13.8 Å². The van der Waals surface area contributed by atoms with Crippen LogP contribution in [0, 0.1) is 33.3 Å². The molecule has 2 rings (SSSR count). The highest BCUT2D eigenvalue weighted by Gasteiger charge is 2.18. The molecule has 0 amide bonds. The van der Waals surface area contributed by atoms with Crippen molar-refractivity contribution in [3.63, 3.8) is 0 Å². The number of halogens is 2. The van der Waals surface area contributed by atoms with E-state index in [4.69, 9.17) is 0 Å². The first-order valence-electron chi connectivity index (χ1n) is 5.45. The van der Waals surface area contributed by atoms with Crippen molar-refractivity contribution in [1.82, 2.24) is 4.68 Å². The molecule has 0 bridgehead atoms. The number of nitrogens with one attached hydrogen (secondary N) is 1. The Hall–Kier alpha value is -1.64. The molecule has 0 saturated carbocycles. The van der Waals surface area contributed by atoms with E-state index in [1.54, 1.807) is 27.3 Å². The minimum Gasteiger partial charge on any atom is -0.288 e. The smallest absolute Gasteiger partial charge is 0.288 e. The minimum atomic E-state index is -0.530. The van der Waals surface area contributed by atoms with Crippen LogP contribution in [0.4, 0.5) is 15.8 Å². The van der Waals surface area contributed by atoms with Gasteiger partial charge in [0.05, 0.1) is 8.49 Å². The lowest BCUT2D eigenvalue weighted by atomic mass is 10.2. The van der Waals surface area contributed by atoms with E-state index in [1.807, 2.05) is 26.0 Å². The van der Waals surface area contributed by atoms with Crippen molar-refractivity contribution < 1.29 is 9.31 Å². The molecule has 0 atom stereocenters. The second-order valence-corrected chi connectivity index (χ2v) is 5.27. The van der Waals surface area contributed by atoms with Gasteiger partial charge in [0.1, 0.15) is 11.5 Å². The van der Waals surface area contributed by atoms with E-state index in [9.17, 15) is 14.5 Å². The van der Waals surface area contributed by atoms with E-state index >= 15 is 0 Å². The highest BCUT2D eigenvalue weighted by molar-refractivity contribution is 14.1. The van der Waals surface area contributed by atoms with Gasteiger partial charge in [0.2, 0.25) is 0 Å². The summed E-state index contributed by atoms with van der Waals surface area (Å²) in [6.07, 6.45) is 0. The number of anilines is 1. The molecule has 0 aliphatic heterocycles. The molecule has 1 heterocycles. The van der Waals surface area contributed by atoms with Gasteiger partial charge in [-0.15, -0.1) is 0 Å². The first kappa shape index (κ1) is 13.8. The Morgan fingerprint density at radius 2 is 1.89 bits per heavy atom. The molecular formula is C12H11FIN3O2. The van der Waals surface area contributed by atoms with Crippen LogP contribution in [-0.4, -0.2) is 9.60 Å². The van der Waals surface area contributed by atoms with Gasteiger partial charge in [-0.2, -0.15) is 0 Å². The first-order chi connectivity index (χ1) is 8.90. The quantitative estimate of drug-likeness (QED) is 0.506. The molecule has 2 aromatic rings. The fraction of sp³-hybridized carbons (Fsp3) is 0.167. The van der Waals surface area contributed by atoms with Crippen molar-refractivity contribution in [3.8, 4) is 0 Å². The second kappa shape index (κ2) is 5.16. The topological polar surface area (TPSA) is 60.1 Å². The van der Waals surface area contributed by atoms with Crippen LogP contribution >= 0.6 is 22.6 Å². The number of nitrogens with zero attached hydrogens (tertiary/aromatic N) is 2. The lowest BCUT2D eigenvalue weighted by Gasteiger charge is -2.13. The fourth-order valence-corrected chi connectivity index (χ4v) is 2.19. The lowest BCUT2D eigenvalue weighted by Crippen LogP contribution is -2.14. The van der Waals surface area contributed by atoms with Crippen LogP contribution in [0.5, 0.6) is 0 Å². The number of nitro benzene ring substituents is 1. The molecular weight excluding hydrogens is 364 g/mol. The van der Waals surface area contributed by atoms with Crippen LogP contribution in [0.1, 0.15) is 11.4 Å². The third kappa shape index (κ3) is 2.70. The Bertz CT molecular complexity index is 635. The average molecular weight is 375 g/mol. The molecule has 0 fully saturated rings. The molecule has 0 aliphatic rings. The van der Waals surface area contributed by atoms with E-state index in [0.717, 1.165) is 17.5 Å². The van der Waals surface area contributed by atoms with E-state index in [-0.39, 0.29) is 14.9 Å². The molecule has 5 nitrogen and oxygen atoms in total. The van der Waals surface area contributed by atoms with Crippen molar-refractivity contribution in [2.24, 2.45) is 0 Å². The number of rotatable bonds is 3. The summed E-state index contributed by atoms with van der Waals surface area (Å²) < 4.78 is 15.5. The maximum atomic E-state index is 13.6. The fourth-order valence-electron chi connectivity index (χ4n) is 1.74. The summed E-state index contributed by atoms with van der Waals surface area (Å²) in [6, 6.07) is 6.10. The summed E-state index contributed by atoms with van der Waals surface area (Å²) in [4.78, 5) is 10.5. The van der Waals surface area contributed by atoms with E-state index < -0.39 is 10.7 Å². The predicted molar refractivity (Wildman–Crippen MR) is 78.7 cm³/mol. The SMILES string of the molecule is Cc1ccc(C)n1Nc1cc(F)c(I)cc1[N+](=O)[O-]. The first-order valence-corrected chi connectivity index (χ1v) is 6.53. The van der Waals surface area contributed by atoms with Gasteiger partial charge in [-0.1, -0.05) is 0 Å². The van der Waals surface area contributed by atoms with Gasteiger partial charge in [-0.3, -0.25) is 20.2 Å².